The number of hydrogen-bond donors (Lipinski definition) is 3. The summed E-state index contributed by atoms with van der Waals surface area (Å²) in [6.07, 6.45) is 46.4. The maximum absolute atomic E-state index is 12.4. The summed E-state index contributed by atoms with van der Waals surface area (Å²) in [5.41, 5.74) is 0. The van der Waals surface area contributed by atoms with Crippen molar-refractivity contribution in [3.63, 3.8) is 0 Å². The van der Waals surface area contributed by atoms with E-state index in [2.05, 4.69) is 19.2 Å². The van der Waals surface area contributed by atoms with Crippen LogP contribution in [0.5, 0.6) is 0 Å². The summed E-state index contributed by atoms with van der Waals surface area (Å²) in [4.78, 5) is 24.4. The quantitative estimate of drug-likeness (QED) is 0.0425. The molecule has 0 saturated carbocycles. The van der Waals surface area contributed by atoms with Gasteiger partial charge in [0.15, 0.2) is 0 Å². The monoisotopic (exact) mass is 752 g/mol. The van der Waals surface area contributed by atoms with Crippen molar-refractivity contribution < 1.29 is 24.5 Å². The van der Waals surface area contributed by atoms with Gasteiger partial charge in [0.1, 0.15) is 0 Å². The molecule has 0 aliphatic rings. The van der Waals surface area contributed by atoms with E-state index in [1.807, 2.05) is 0 Å². The number of aliphatic hydroxyl groups excluding tert-OH is 2. The fourth-order valence-corrected chi connectivity index (χ4v) is 7.46. The van der Waals surface area contributed by atoms with Crippen molar-refractivity contribution in [2.75, 3.05) is 13.2 Å². The van der Waals surface area contributed by atoms with Crippen molar-refractivity contribution in [1.82, 2.24) is 5.32 Å². The van der Waals surface area contributed by atoms with Gasteiger partial charge in [0, 0.05) is 12.8 Å². The maximum Gasteiger partial charge on any atom is 0.305 e. The van der Waals surface area contributed by atoms with Crippen LogP contribution in [0.4, 0.5) is 0 Å². The van der Waals surface area contributed by atoms with Gasteiger partial charge in [-0.1, -0.05) is 226 Å². The zero-order valence-electron chi connectivity index (χ0n) is 35.8. The molecule has 1 amide bonds. The molecule has 6 nitrogen and oxygen atoms in total. The molecule has 0 aromatic rings. The first kappa shape index (κ1) is 51.9. The first-order chi connectivity index (χ1) is 26.0. The highest BCUT2D eigenvalue weighted by molar-refractivity contribution is 5.76. The molecule has 0 aliphatic carbocycles. The lowest BCUT2D eigenvalue weighted by Gasteiger charge is -2.22. The van der Waals surface area contributed by atoms with E-state index >= 15 is 0 Å². The van der Waals surface area contributed by atoms with Gasteiger partial charge in [0.2, 0.25) is 5.91 Å². The van der Waals surface area contributed by atoms with Gasteiger partial charge in [0.25, 0.3) is 0 Å². The lowest BCUT2D eigenvalue weighted by molar-refractivity contribution is -0.143. The summed E-state index contributed by atoms with van der Waals surface area (Å²) in [6, 6.07) is -0.557. The first-order valence-electron chi connectivity index (χ1n) is 23.8. The van der Waals surface area contributed by atoms with Crippen molar-refractivity contribution in [3.8, 4) is 0 Å². The van der Waals surface area contributed by atoms with E-state index < -0.39 is 12.1 Å². The summed E-state index contributed by atoms with van der Waals surface area (Å²) in [6.45, 7) is 4.88. The van der Waals surface area contributed by atoms with Gasteiger partial charge >= 0.3 is 5.97 Å². The third-order valence-electron chi connectivity index (χ3n) is 11.2. The molecular formula is C47H93NO5. The van der Waals surface area contributed by atoms with Crippen molar-refractivity contribution >= 4 is 11.9 Å². The third kappa shape index (κ3) is 40.3. The standard InChI is InChI=1S/C47H93NO5/c1-3-5-7-9-11-13-15-16-17-18-19-20-21-25-29-33-37-41-47(52)53-42-38-34-30-26-22-24-28-32-36-40-46(51)48-44(43-49)45(50)39-35-31-27-23-14-12-10-8-6-4-2/h44-45,49-50H,3-43H2,1-2H3,(H,48,51). The second-order valence-corrected chi connectivity index (χ2v) is 16.5. The molecule has 0 heterocycles. The van der Waals surface area contributed by atoms with Crippen LogP contribution >= 0.6 is 0 Å². The molecule has 0 radical (unpaired) electrons. The number of rotatable bonds is 44. The molecular weight excluding hydrogens is 659 g/mol. The van der Waals surface area contributed by atoms with E-state index in [0.717, 1.165) is 57.8 Å². The van der Waals surface area contributed by atoms with Crippen LogP contribution in [0.15, 0.2) is 0 Å². The topological polar surface area (TPSA) is 95.9 Å². The number of carbonyl (C=O) groups excluding carboxylic acids is 2. The largest absolute Gasteiger partial charge is 0.466 e. The molecule has 6 heteroatoms. The molecule has 53 heavy (non-hydrogen) atoms. The van der Waals surface area contributed by atoms with Gasteiger partial charge in [-0.25, -0.2) is 0 Å². The van der Waals surface area contributed by atoms with Crippen molar-refractivity contribution in [3.05, 3.63) is 0 Å². The fraction of sp³-hybridized carbons (Fsp3) is 0.957. The lowest BCUT2D eigenvalue weighted by Crippen LogP contribution is -2.45. The second kappa shape index (κ2) is 43.6. The number of nitrogens with one attached hydrogen (secondary N) is 1. The minimum atomic E-state index is -0.677. The number of hydrogen-bond acceptors (Lipinski definition) is 5. The second-order valence-electron chi connectivity index (χ2n) is 16.5. The molecule has 0 spiro atoms. The van der Waals surface area contributed by atoms with Crippen LogP contribution in [-0.2, 0) is 14.3 Å². The summed E-state index contributed by atoms with van der Waals surface area (Å²) in [5, 5.41) is 23.0. The van der Waals surface area contributed by atoms with Crippen molar-refractivity contribution in [2.45, 2.75) is 276 Å². The Balaban J connectivity index is 3.44. The van der Waals surface area contributed by atoms with E-state index in [-0.39, 0.29) is 18.5 Å². The minimum absolute atomic E-state index is 0.0213. The molecule has 2 atom stereocenters. The number of aliphatic hydroxyl groups is 2. The molecule has 316 valence electrons. The average molecular weight is 752 g/mol. The molecule has 0 rings (SSSR count). The lowest BCUT2D eigenvalue weighted by atomic mass is 10.0. The molecule has 0 aromatic carbocycles. The summed E-state index contributed by atoms with van der Waals surface area (Å²) < 4.78 is 5.45. The van der Waals surface area contributed by atoms with Crippen LogP contribution in [0.3, 0.4) is 0 Å². The summed E-state index contributed by atoms with van der Waals surface area (Å²) in [5.74, 6) is -0.0841. The summed E-state index contributed by atoms with van der Waals surface area (Å²) >= 11 is 0. The normalized spacial score (nSPS) is 12.6. The van der Waals surface area contributed by atoms with Crippen LogP contribution in [0.25, 0.3) is 0 Å². The molecule has 2 unspecified atom stereocenters. The predicted molar refractivity (Wildman–Crippen MR) is 227 cm³/mol. The zero-order chi connectivity index (χ0) is 38.7. The maximum atomic E-state index is 12.4. The van der Waals surface area contributed by atoms with Crippen LogP contribution < -0.4 is 5.32 Å². The van der Waals surface area contributed by atoms with Gasteiger partial charge in [-0.05, 0) is 25.7 Å². The highest BCUT2D eigenvalue weighted by Gasteiger charge is 2.20. The van der Waals surface area contributed by atoms with Gasteiger partial charge < -0.3 is 20.3 Å². The number of esters is 1. The van der Waals surface area contributed by atoms with Gasteiger partial charge in [-0.2, -0.15) is 0 Å². The average Bonchev–Trinajstić information content (AvgIpc) is 3.16. The Morgan fingerprint density at radius 2 is 0.774 bits per heavy atom. The zero-order valence-corrected chi connectivity index (χ0v) is 35.8. The Bertz CT molecular complexity index is 746. The Hall–Kier alpha value is -1.14. The number of ether oxygens (including phenoxy) is 1. The van der Waals surface area contributed by atoms with E-state index in [1.165, 1.54) is 173 Å². The number of carbonyl (C=O) groups is 2. The van der Waals surface area contributed by atoms with E-state index in [4.69, 9.17) is 4.74 Å². The minimum Gasteiger partial charge on any atom is -0.466 e. The molecule has 0 aliphatic heterocycles. The first-order valence-corrected chi connectivity index (χ1v) is 23.8. The van der Waals surface area contributed by atoms with Gasteiger partial charge in [0.05, 0.1) is 25.4 Å². The van der Waals surface area contributed by atoms with Crippen molar-refractivity contribution in [2.24, 2.45) is 0 Å². The van der Waals surface area contributed by atoms with Gasteiger partial charge in [-0.15, -0.1) is 0 Å². The van der Waals surface area contributed by atoms with Gasteiger partial charge in [-0.3, -0.25) is 9.59 Å². The van der Waals surface area contributed by atoms with E-state index in [1.54, 1.807) is 0 Å². The summed E-state index contributed by atoms with van der Waals surface area (Å²) in [7, 11) is 0. The number of unbranched alkanes of at least 4 members (excludes halogenated alkanes) is 33. The van der Waals surface area contributed by atoms with Crippen LogP contribution in [0.1, 0.15) is 264 Å². The highest BCUT2D eigenvalue weighted by atomic mass is 16.5. The third-order valence-corrected chi connectivity index (χ3v) is 11.2. The fourth-order valence-electron chi connectivity index (χ4n) is 7.46. The van der Waals surface area contributed by atoms with Crippen LogP contribution in [0.2, 0.25) is 0 Å². The van der Waals surface area contributed by atoms with Crippen LogP contribution in [0, 0.1) is 0 Å². The SMILES string of the molecule is CCCCCCCCCCCCCCCCCCCC(=O)OCCCCCCCCCCCC(=O)NC(CO)C(O)CCCCCCCCCCCC. The Morgan fingerprint density at radius 1 is 0.453 bits per heavy atom. The van der Waals surface area contributed by atoms with E-state index in [0.29, 0.717) is 25.9 Å². The highest BCUT2D eigenvalue weighted by Crippen LogP contribution is 2.16. The van der Waals surface area contributed by atoms with E-state index in [9.17, 15) is 19.8 Å². The molecule has 3 N–H and O–H groups in total. The Morgan fingerprint density at radius 3 is 1.15 bits per heavy atom. The molecule has 0 bridgehead atoms. The molecule has 0 aromatic heterocycles. The molecule has 0 fully saturated rings. The predicted octanol–water partition coefficient (Wildman–Crippen LogP) is 13.6. The smallest absolute Gasteiger partial charge is 0.305 e. The molecule has 0 saturated heterocycles. The Labute approximate surface area is 330 Å². The Kier molecular flexibility index (Phi) is 42.6. The van der Waals surface area contributed by atoms with Crippen molar-refractivity contribution in [1.29, 1.82) is 0 Å². The van der Waals surface area contributed by atoms with Crippen LogP contribution in [-0.4, -0.2) is 47.4 Å². The number of amides is 1.